The van der Waals surface area contributed by atoms with Gasteiger partial charge in [-0.1, -0.05) is 26.8 Å². The number of aryl methyl sites for hydroxylation is 1. The highest BCUT2D eigenvalue weighted by atomic mass is 16.5. The molecule has 0 atom stereocenters. The van der Waals surface area contributed by atoms with Crippen LogP contribution in [0.5, 0.6) is 0 Å². The molecule has 0 saturated carbocycles. The number of fused-ring (bicyclic) bond motifs is 4. The second-order valence-corrected chi connectivity index (χ2v) is 11.3. The molecule has 188 valence electrons. The predicted molar refractivity (Wildman–Crippen MR) is 142 cm³/mol. The Balaban J connectivity index is 1.33. The van der Waals surface area contributed by atoms with E-state index >= 15 is 0 Å². The zero-order chi connectivity index (χ0) is 25.0. The summed E-state index contributed by atoms with van der Waals surface area (Å²) in [6.45, 7) is 12.8. The molecule has 2 aliphatic carbocycles. The molecule has 0 amide bonds. The van der Waals surface area contributed by atoms with Crippen molar-refractivity contribution in [1.29, 1.82) is 5.26 Å². The number of carbonyl (C=O) groups excluding carboxylic acids is 1. The van der Waals surface area contributed by atoms with Crippen molar-refractivity contribution in [3.05, 3.63) is 56.9 Å². The van der Waals surface area contributed by atoms with E-state index in [1.54, 1.807) is 0 Å². The quantitative estimate of drug-likeness (QED) is 0.689. The maximum absolute atomic E-state index is 13.0. The molecule has 36 heavy (non-hydrogen) atoms. The van der Waals surface area contributed by atoms with E-state index in [4.69, 9.17) is 4.74 Å². The third-order valence-corrected chi connectivity index (χ3v) is 8.94. The van der Waals surface area contributed by atoms with Gasteiger partial charge in [-0.05, 0) is 53.7 Å². The van der Waals surface area contributed by atoms with Crippen LogP contribution >= 0.6 is 0 Å². The first-order valence-electron chi connectivity index (χ1n) is 13.5. The highest BCUT2D eigenvalue weighted by molar-refractivity contribution is 6.06. The monoisotopic (exact) mass is 484 g/mol. The summed E-state index contributed by atoms with van der Waals surface area (Å²) in [7, 11) is 0. The van der Waals surface area contributed by atoms with E-state index in [1.165, 1.54) is 35.2 Å². The third-order valence-electron chi connectivity index (χ3n) is 8.94. The standard InChI is InChI=1S/C30H36N4O2/c1-4-20-15-21-16-23-28-25(13-19(18-31)14-27(28)35)32-29(23)30(2,3)24(21)17-26(20)34-7-5-22(6-8-34)33-9-11-36-12-10-33/h13,15,17,22,32H,4-12,14,16H2,1-3H3. The van der Waals surface area contributed by atoms with Crippen LogP contribution in [0.3, 0.4) is 0 Å². The lowest BCUT2D eigenvalue weighted by Gasteiger charge is -2.42. The number of hydrogen-bond donors (Lipinski definition) is 1. The molecule has 0 radical (unpaired) electrons. The molecule has 2 saturated heterocycles. The first-order chi connectivity index (χ1) is 17.4. The summed E-state index contributed by atoms with van der Waals surface area (Å²) in [5, 5.41) is 9.39. The number of ketones is 1. The van der Waals surface area contributed by atoms with Crippen molar-refractivity contribution in [2.24, 2.45) is 0 Å². The lowest BCUT2D eigenvalue weighted by molar-refractivity contribution is 0.0115. The third kappa shape index (κ3) is 3.72. The second kappa shape index (κ2) is 8.90. The molecule has 6 heteroatoms. The molecule has 6 nitrogen and oxygen atoms in total. The molecular weight excluding hydrogens is 448 g/mol. The zero-order valence-electron chi connectivity index (χ0n) is 21.7. The summed E-state index contributed by atoms with van der Waals surface area (Å²) < 4.78 is 5.56. The van der Waals surface area contributed by atoms with Gasteiger partial charge in [0, 0.05) is 73.0 Å². The highest BCUT2D eigenvalue weighted by Gasteiger charge is 2.39. The van der Waals surface area contributed by atoms with Crippen LogP contribution < -0.4 is 4.90 Å². The summed E-state index contributed by atoms with van der Waals surface area (Å²) in [4.78, 5) is 21.8. The maximum Gasteiger partial charge on any atom is 0.170 e. The second-order valence-electron chi connectivity index (χ2n) is 11.3. The number of ether oxygens (including phenoxy) is 1. The number of benzene rings is 1. The van der Waals surface area contributed by atoms with Gasteiger partial charge in [0.25, 0.3) is 0 Å². The number of nitrogens with zero attached hydrogens (tertiary/aromatic N) is 3. The Morgan fingerprint density at radius 2 is 1.89 bits per heavy atom. The van der Waals surface area contributed by atoms with E-state index in [2.05, 4.69) is 53.8 Å². The summed E-state index contributed by atoms with van der Waals surface area (Å²) in [6, 6.07) is 7.71. The smallest absolute Gasteiger partial charge is 0.170 e. The van der Waals surface area contributed by atoms with Gasteiger partial charge < -0.3 is 14.6 Å². The molecule has 1 aromatic heterocycles. The van der Waals surface area contributed by atoms with Crippen molar-refractivity contribution in [3.8, 4) is 6.07 Å². The van der Waals surface area contributed by atoms with E-state index in [1.807, 2.05) is 6.08 Å². The highest BCUT2D eigenvalue weighted by Crippen LogP contribution is 2.46. The minimum absolute atomic E-state index is 0.0660. The van der Waals surface area contributed by atoms with Gasteiger partial charge >= 0.3 is 0 Å². The van der Waals surface area contributed by atoms with Gasteiger partial charge in [0.15, 0.2) is 5.78 Å². The number of hydrogen-bond acceptors (Lipinski definition) is 5. The number of piperidine rings is 1. The van der Waals surface area contributed by atoms with E-state index in [0.29, 0.717) is 11.6 Å². The van der Waals surface area contributed by atoms with Crippen molar-refractivity contribution in [2.75, 3.05) is 44.3 Å². The van der Waals surface area contributed by atoms with Crippen LogP contribution in [-0.4, -0.2) is 61.1 Å². The number of allylic oxidation sites excluding steroid dienone is 1. The zero-order valence-corrected chi connectivity index (χ0v) is 21.7. The number of aromatic nitrogens is 1. The molecule has 2 aliphatic heterocycles. The van der Waals surface area contributed by atoms with E-state index < -0.39 is 0 Å². The van der Waals surface area contributed by atoms with Crippen LogP contribution in [0.4, 0.5) is 5.69 Å². The number of morpholine rings is 1. The van der Waals surface area contributed by atoms with Crippen LogP contribution in [0.25, 0.3) is 6.08 Å². The summed E-state index contributed by atoms with van der Waals surface area (Å²) in [5.41, 5.74) is 9.64. The number of anilines is 1. The van der Waals surface area contributed by atoms with Crippen molar-refractivity contribution in [3.63, 3.8) is 0 Å². The molecular formula is C30H36N4O2. The number of nitriles is 1. The topological polar surface area (TPSA) is 72.4 Å². The number of carbonyl (C=O) groups is 1. The number of aromatic amines is 1. The lowest BCUT2D eigenvalue weighted by atomic mass is 9.70. The van der Waals surface area contributed by atoms with Crippen LogP contribution in [0.2, 0.25) is 0 Å². The predicted octanol–water partition coefficient (Wildman–Crippen LogP) is 4.60. The molecule has 0 bridgehead atoms. The number of Topliss-reactive ketones (excluding diaryl/α,β-unsaturated/α-hetero) is 1. The number of rotatable bonds is 3. The van der Waals surface area contributed by atoms with Gasteiger partial charge in [0.2, 0.25) is 0 Å². The number of nitrogens with one attached hydrogen (secondary N) is 1. The Kier molecular flexibility index (Phi) is 5.81. The molecule has 3 heterocycles. The van der Waals surface area contributed by atoms with Crippen molar-refractivity contribution >= 4 is 17.5 Å². The van der Waals surface area contributed by atoms with Gasteiger partial charge in [-0.15, -0.1) is 0 Å². The van der Waals surface area contributed by atoms with Crippen molar-refractivity contribution in [1.82, 2.24) is 9.88 Å². The molecule has 2 aromatic rings. The summed E-state index contributed by atoms with van der Waals surface area (Å²) in [6.07, 6.45) is 6.25. The van der Waals surface area contributed by atoms with E-state index in [0.717, 1.165) is 74.7 Å². The Bertz CT molecular complexity index is 1280. The van der Waals surface area contributed by atoms with Crippen LogP contribution in [0.1, 0.15) is 84.0 Å². The maximum atomic E-state index is 13.0. The average molecular weight is 485 g/mol. The molecule has 1 aromatic carbocycles. The lowest BCUT2D eigenvalue weighted by Crippen LogP contribution is -2.49. The Morgan fingerprint density at radius 1 is 1.14 bits per heavy atom. The molecule has 4 aliphatic rings. The fraction of sp³-hybridized carbons (Fsp3) is 0.533. The molecule has 0 unspecified atom stereocenters. The summed E-state index contributed by atoms with van der Waals surface area (Å²) >= 11 is 0. The van der Waals surface area contributed by atoms with E-state index in [-0.39, 0.29) is 17.6 Å². The van der Waals surface area contributed by atoms with Gasteiger partial charge in [0.1, 0.15) is 0 Å². The molecule has 2 fully saturated rings. The van der Waals surface area contributed by atoms with Crippen molar-refractivity contribution < 1.29 is 9.53 Å². The average Bonchev–Trinajstić information content (AvgIpc) is 3.28. The first kappa shape index (κ1) is 23.5. The Hall–Kier alpha value is -2.88. The Labute approximate surface area is 213 Å². The van der Waals surface area contributed by atoms with Crippen molar-refractivity contribution in [2.45, 2.75) is 64.3 Å². The SMILES string of the molecule is CCc1cc2c(cc1N1CCC(N3CCOCC3)CC1)C(C)(C)c1[nH]c3c(c1C2)C(=O)CC(C#N)=C3. The van der Waals surface area contributed by atoms with Gasteiger partial charge in [-0.25, -0.2) is 0 Å². The van der Waals surface area contributed by atoms with Crippen LogP contribution in [0.15, 0.2) is 17.7 Å². The Morgan fingerprint density at radius 3 is 2.58 bits per heavy atom. The summed E-state index contributed by atoms with van der Waals surface area (Å²) in [5.74, 6) is 0.0660. The fourth-order valence-electron chi connectivity index (χ4n) is 6.99. The van der Waals surface area contributed by atoms with Gasteiger partial charge in [-0.3, -0.25) is 9.69 Å². The minimum atomic E-state index is -0.242. The molecule has 0 spiro atoms. The van der Waals surface area contributed by atoms with E-state index in [9.17, 15) is 10.1 Å². The van der Waals surface area contributed by atoms with Gasteiger partial charge in [-0.2, -0.15) is 5.26 Å². The number of H-pyrrole nitrogens is 1. The van der Waals surface area contributed by atoms with Crippen LogP contribution in [0, 0.1) is 11.3 Å². The van der Waals surface area contributed by atoms with Crippen LogP contribution in [-0.2, 0) is 23.0 Å². The normalized spacial score (nSPS) is 21.9. The first-order valence-corrected chi connectivity index (χ1v) is 13.5. The van der Waals surface area contributed by atoms with Gasteiger partial charge in [0.05, 0.1) is 25.0 Å². The molecule has 6 rings (SSSR count). The minimum Gasteiger partial charge on any atom is -0.379 e. The molecule has 1 N–H and O–H groups in total. The fourth-order valence-corrected chi connectivity index (χ4v) is 6.99. The largest absolute Gasteiger partial charge is 0.379 e.